The number of hydrogen-bond acceptors (Lipinski definition) is 3. The molecule has 1 aromatic carbocycles. The first-order valence-corrected chi connectivity index (χ1v) is 3.66. The monoisotopic (exact) mass is 179 g/mol. The maximum Gasteiger partial charge on any atom is 0.308 e. The first-order chi connectivity index (χ1) is 6.09. The maximum atomic E-state index is 10.7. The largest absolute Gasteiger partial charge is 0.619 e. The number of nitrogens with zero attached hydrogens (tertiary/aromatic N) is 1. The summed E-state index contributed by atoms with van der Waals surface area (Å²) >= 11 is 0. The number of rotatable bonds is 2. The topological polar surface area (TPSA) is 52.4 Å². The van der Waals surface area contributed by atoms with Gasteiger partial charge in [-0.2, -0.15) is 4.74 Å². The Bertz CT molecular complexity index is 329. The normalized spacial score (nSPS) is 9.31. The Labute approximate surface area is 75.7 Å². The molecule has 0 aromatic heterocycles. The molecule has 13 heavy (non-hydrogen) atoms. The van der Waals surface area contributed by atoms with Crippen LogP contribution >= 0.6 is 0 Å². The van der Waals surface area contributed by atoms with Crippen molar-refractivity contribution in [2.45, 2.75) is 6.92 Å². The van der Waals surface area contributed by atoms with E-state index >= 15 is 0 Å². The van der Waals surface area contributed by atoms with Crippen LogP contribution in [0.3, 0.4) is 0 Å². The summed E-state index contributed by atoms with van der Waals surface area (Å²) in [5.41, 5.74) is 0.413. The lowest BCUT2D eigenvalue weighted by Crippen LogP contribution is -2.01. The van der Waals surface area contributed by atoms with E-state index in [1.807, 2.05) is 0 Å². The fourth-order valence-electron chi connectivity index (χ4n) is 0.846. The van der Waals surface area contributed by atoms with Gasteiger partial charge in [-0.3, -0.25) is 4.79 Å². The molecule has 0 unspecified atom stereocenters. The Morgan fingerprint density at radius 2 is 2.00 bits per heavy atom. The van der Waals surface area contributed by atoms with E-state index in [0.29, 0.717) is 16.2 Å². The molecule has 0 aliphatic rings. The van der Waals surface area contributed by atoms with Crippen molar-refractivity contribution in [3.8, 4) is 5.75 Å². The summed E-state index contributed by atoms with van der Waals surface area (Å²) < 4.78 is 5.25. The van der Waals surface area contributed by atoms with Crippen LogP contribution in [0.2, 0.25) is 0 Å². The quantitative estimate of drug-likeness (QED) is 0.172. The fraction of sp³-hybridized carbons (Fsp3) is 0.111. The van der Waals surface area contributed by atoms with E-state index in [1.54, 1.807) is 0 Å². The highest BCUT2D eigenvalue weighted by Crippen LogP contribution is 2.16. The van der Waals surface area contributed by atoms with Crippen molar-refractivity contribution in [2.75, 3.05) is 0 Å². The minimum absolute atomic E-state index is 0.388. The van der Waals surface area contributed by atoms with Crippen LogP contribution < -0.4 is 4.74 Å². The first-order valence-electron chi connectivity index (χ1n) is 3.66. The fourth-order valence-corrected chi connectivity index (χ4v) is 0.846. The number of carbonyl (C=O) groups excluding carboxylic acids is 1. The molecule has 4 heteroatoms. The van der Waals surface area contributed by atoms with Crippen LogP contribution in [0, 0.1) is 5.21 Å². The summed E-state index contributed by atoms with van der Waals surface area (Å²) in [4.78, 5) is 10.5. The molecule has 0 aliphatic carbocycles. The van der Waals surface area contributed by atoms with E-state index in [9.17, 15) is 10.0 Å². The van der Waals surface area contributed by atoms with Crippen molar-refractivity contribution < 1.29 is 14.3 Å². The summed E-state index contributed by atoms with van der Waals surface area (Å²) in [6, 6.07) is 6.12. The van der Waals surface area contributed by atoms with E-state index in [4.69, 9.17) is 4.74 Å². The predicted molar refractivity (Wildman–Crippen MR) is 48.2 cm³/mol. The smallest absolute Gasteiger partial charge is 0.308 e. The molecule has 0 bridgehead atoms. The van der Waals surface area contributed by atoms with Crippen molar-refractivity contribution in [2.24, 2.45) is 0 Å². The van der Waals surface area contributed by atoms with Gasteiger partial charge in [-0.1, -0.05) is 0 Å². The number of carbonyl (C=O) groups is 1. The summed E-state index contributed by atoms with van der Waals surface area (Å²) in [5, 5.41) is 10.7. The molecular formula is C9H9NO3. The van der Waals surface area contributed by atoms with Crippen LogP contribution in [0.1, 0.15) is 6.92 Å². The molecule has 4 nitrogen and oxygen atoms in total. The SMILES string of the molecule is C=[N+]([O-])c1ccc(OC(C)=O)cc1. The predicted octanol–water partition coefficient (Wildman–Crippen LogP) is 1.45. The Kier molecular flexibility index (Phi) is 2.64. The van der Waals surface area contributed by atoms with Gasteiger partial charge in [0.25, 0.3) is 0 Å². The van der Waals surface area contributed by atoms with Crippen molar-refractivity contribution in [1.29, 1.82) is 0 Å². The van der Waals surface area contributed by atoms with E-state index in [-0.39, 0.29) is 5.97 Å². The third-order valence-electron chi connectivity index (χ3n) is 1.39. The Morgan fingerprint density at radius 1 is 1.46 bits per heavy atom. The van der Waals surface area contributed by atoms with Gasteiger partial charge >= 0.3 is 5.97 Å². The first kappa shape index (κ1) is 9.25. The molecule has 0 radical (unpaired) electrons. The van der Waals surface area contributed by atoms with Crippen molar-refractivity contribution >= 4 is 18.4 Å². The average molecular weight is 179 g/mol. The van der Waals surface area contributed by atoms with E-state index in [0.717, 1.165) is 0 Å². The van der Waals surface area contributed by atoms with Gasteiger partial charge in [0.1, 0.15) is 12.5 Å². The van der Waals surface area contributed by atoms with Gasteiger partial charge in [0.15, 0.2) is 0 Å². The molecule has 0 N–H and O–H groups in total. The Hall–Kier alpha value is -1.84. The molecule has 0 fully saturated rings. The molecule has 68 valence electrons. The van der Waals surface area contributed by atoms with Gasteiger partial charge < -0.3 is 9.94 Å². The molecular weight excluding hydrogens is 170 g/mol. The molecule has 0 aliphatic heterocycles. The summed E-state index contributed by atoms with van der Waals surface area (Å²) in [6.45, 7) is 4.48. The molecule has 0 saturated heterocycles. The van der Waals surface area contributed by atoms with Gasteiger partial charge in [0, 0.05) is 19.1 Å². The number of hydrogen-bond donors (Lipinski definition) is 0. The van der Waals surface area contributed by atoms with Gasteiger partial charge in [-0.05, 0) is 12.1 Å². The molecule has 1 aromatic rings. The number of ether oxygens (including phenoxy) is 1. The van der Waals surface area contributed by atoms with Gasteiger partial charge in [-0.15, -0.1) is 0 Å². The zero-order valence-corrected chi connectivity index (χ0v) is 7.19. The standard InChI is InChI=1S/C9H9NO3/c1-7(11)13-9-5-3-8(4-6-9)10(2)12/h3-6H,2H2,1H3. The second-order valence-corrected chi connectivity index (χ2v) is 2.47. The Morgan fingerprint density at radius 3 is 2.38 bits per heavy atom. The van der Waals surface area contributed by atoms with Crippen LogP contribution in [0.15, 0.2) is 24.3 Å². The second kappa shape index (κ2) is 3.71. The zero-order valence-electron chi connectivity index (χ0n) is 7.19. The van der Waals surface area contributed by atoms with Crippen molar-refractivity contribution in [3.63, 3.8) is 0 Å². The molecule has 0 atom stereocenters. The molecule has 1 rings (SSSR count). The average Bonchev–Trinajstić information content (AvgIpc) is 2.04. The van der Waals surface area contributed by atoms with E-state index < -0.39 is 0 Å². The van der Waals surface area contributed by atoms with Crippen LogP contribution in [0.5, 0.6) is 5.75 Å². The highest BCUT2D eigenvalue weighted by molar-refractivity contribution is 5.69. The third kappa shape index (κ3) is 2.59. The zero-order chi connectivity index (χ0) is 9.84. The minimum atomic E-state index is -0.388. The summed E-state index contributed by atoms with van der Waals surface area (Å²) in [6.07, 6.45) is 0. The van der Waals surface area contributed by atoms with Crippen molar-refractivity contribution in [1.82, 2.24) is 0 Å². The van der Waals surface area contributed by atoms with Crippen LogP contribution in [0.25, 0.3) is 0 Å². The number of benzene rings is 1. The van der Waals surface area contributed by atoms with Gasteiger partial charge in [0.2, 0.25) is 5.69 Å². The molecule has 0 spiro atoms. The lowest BCUT2D eigenvalue weighted by atomic mass is 10.3. The Balaban J connectivity index is 2.81. The molecule has 0 amide bonds. The van der Waals surface area contributed by atoms with Gasteiger partial charge in [0.05, 0.1) is 0 Å². The second-order valence-electron chi connectivity index (χ2n) is 2.47. The van der Waals surface area contributed by atoms with E-state index in [2.05, 4.69) is 6.72 Å². The van der Waals surface area contributed by atoms with Crippen LogP contribution in [-0.4, -0.2) is 17.4 Å². The third-order valence-corrected chi connectivity index (χ3v) is 1.39. The highest BCUT2D eigenvalue weighted by atomic mass is 16.5. The summed E-state index contributed by atoms with van der Waals surface area (Å²) in [7, 11) is 0. The van der Waals surface area contributed by atoms with Gasteiger partial charge in [-0.25, -0.2) is 0 Å². The summed E-state index contributed by atoms with van der Waals surface area (Å²) in [5.74, 6) is 0.0273. The maximum absolute atomic E-state index is 10.7. The van der Waals surface area contributed by atoms with Crippen LogP contribution in [-0.2, 0) is 4.79 Å². The highest BCUT2D eigenvalue weighted by Gasteiger charge is 2.00. The molecule has 0 saturated carbocycles. The lowest BCUT2D eigenvalue weighted by molar-refractivity contribution is -0.349. The van der Waals surface area contributed by atoms with Crippen molar-refractivity contribution in [3.05, 3.63) is 29.5 Å². The molecule has 0 heterocycles. The number of esters is 1. The van der Waals surface area contributed by atoms with Crippen LogP contribution in [0.4, 0.5) is 5.69 Å². The minimum Gasteiger partial charge on any atom is -0.619 e. The lowest BCUT2D eigenvalue weighted by Gasteiger charge is -2.02. The van der Waals surface area contributed by atoms with E-state index in [1.165, 1.54) is 31.2 Å².